The Morgan fingerprint density at radius 1 is 1.32 bits per heavy atom. The number of imide groups is 1. The summed E-state index contributed by atoms with van der Waals surface area (Å²) in [4.78, 5) is 24.9. The molecule has 0 radical (unpaired) electrons. The number of urea groups is 1. The Bertz CT molecular complexity index is 458. The van der Waals surface area contributed by atoms with E-state index in [2.05, 4.69) is 17.4 Å². The summed E-state index contributed by atoms with van der Waals surface area (Å²) in [6.45, 7) is 4.39. The largest absolute Gasteiger partial charge is 0.324 e. The lowest BCUT2D eigenvalue weighted by Crippen LogP contribution is -2.56. The van der Waals surface area contributed by atoms with Crippen molar-refractivity contribution in [1.82, 2.24) is 10.2 Å². The minimum absolute atomic E-state index is 0.128. The molecule has 4 nitrogen and oxygen atoms in total. The molecule has 2 rings (SSSR count). The normalized spacial score (nSPS) is 21.2. The molecule has 0 aromatic heterocycles. The number of rotatable bonds is 4. The summed E-state index contributed by atoms with van der Waals surface area (Å²) in [6, 6.07) is 10.1. The van der Waals surface area contributed by atoms with E-state index in [9.17, 15) is 9.59 Å². The second-order valence-corrected chi connectivity index (χ2v) is 5.22. The topological polar surface area (TPSA) is 49.4 Å². The van der Waals surface area contributed by atoms with E-state index in [0.29, 0.717) is 6.54 Å². The van der Waals surface area contributed by atoms with Gasteiger partial charge in [0, 0.05) is 12.6 Å². The first-order valence-corrected chi connectivity index (χ1v) is 6.73. The second-order valence-electron chi connectivity index (χ2n) is 5.22. The SMILES string of the molecule is CC1CN(C(C)CCc2ccccc2)C(=O)NC1=O. The molecule has 102 valence electrons. The molecule has 0 bridgehead atoms. The lowest BCUT2D eigenvalue weighted by atomic mass is 10.0. The van der Waals surface area contributed by atoms with Crippen molar-refractivity contribution in [3.05, 3.63) is 35.9 Å². The number of aryl methyl sites for hydroxylation is 1. The lowest BCUT2D eigenvalue weighted by molar-refractivity contribution is -0.125. The fraction of sp³-hybridized carbons (Fsp3) is 0.467. The van der Waals surface area contributed by atoms with Crippen LogP contribution in [0, 0.1) is 5.92 Å². The van der Waals surface area contributed by atoms with E-state index >= 15 is 0 Å². The van der Waals surface area contributed by atoms with E-state index in [1.165, 1.54) is 5.56 Å². The molecule has 0 aliphatic carbocycles. The van der Waals surface area contributed by atoms with Crippen LogP contribution in [0.1, 0.15) is 25.8 Å². The van der Waals surface area contributed by atoms with Crippen molar-refractivity contribution in [2.45, 2.75) is 32.7 Å². The highest BCUT2D eigenvalue weighted by Crippen LogP contribution is 2.15. The van der Waals surface area contributed by atoms with E-state index in [1.54, 1.807) is 4.90 Å². The van der Waals surface area contributed by atoms with Crippen LogP contribution in [0.3, 0.4) is 0 Å². The molecule has 1 heterocycles. The first kappa shape index (κ1) is 13.6. The van der Waals surface area contributed by atoms with Crippen LogP contribution in [0.5, 0.6) is 0 Å². The molecule has 2 atom stereocenters. The van der Waals surface area contributed by atoms with Gasteiger partial charge in [0.1, 0.15) is 0 Å². The van der Waals surface area contributed by atoms with Gasteiger partial charge in [-0.3, -0.25) is 10.1 Å². The van der Waals surface area contributed by atoms with Gasteiger partial charge in [-0.25, -0.2) is 4.79 Å². The predicted molar refractivity (Wildman–Crippen MR) is 73.6 cm³/mol. The summed E-state index contributed by atoms with van der Waals surface area (Å²) in [6.07, 6.45) is 1.84. The number of hydrogen-bond donors (Lipinski definition) is 1. The van der Waals surface area contributed by atoms with Crippen molar-refractivity contribution in [1.29, 1.82) is 0 Å². The van der Waals surface area contributed by atoms with Gasteiger partial charge in [0.05, 0.1) is 5.92 Å². The van der Waals surface area contributed by atoms with Crippen LogP contribution in [0.25, 0.3) is 0 Å². The fourth-order valence-corrected chi connectivity index (χ4v) is 2.32. The number of hydrogen-bond acceptors (Lipinski definition) is 2. The molecular formula is C15H20N2O2. The monoisotopic (exact) mass is 260 g/mol. The number of amides is 3. The molecule has 1 saturated heterocycles. The van der Waals surface area contributed by atoms with Crippen molar-refractivity contribution in [3.63, 3.8) is 0 Å². The Morgan fingerprint density at radius 3 is 2.68 bits per heavy atom. The van der Waals surface area contributed by atoms with Gasteiger partial charge in [-0.05, 0) is 25.3 Å². The maximum atomic E-state index is 11.8. The Labute approximate surface area is 113 Å². The maximum Gasteiger partial charge on any atom is 0.324 e. The minimum atomic E-state index is -0.260. The van der Waals surface area contributed by atoms with Crippen LogP contribution in [0.15, 0.2) is 30.3 Å². The van der Waals surface area contributed by atoms with Gasteiger partial charge in [-0.1, -0.05) is 37.3 Å². The molecular weight excluding hydrogens is 240 g/mol. The molecule has 0 saturated carbocycles. The van der Waals surface area contributed by atoms with Gasteiger partial charge in [-0.15, -0.1) is 0 Å². The van der Waals surface area contributed by atoms with E-state index in [0.717, 1.165) is 12.8 Å². The van der Waals surface area contributed by atoms with E-state index in [4.69, 9.17) is 0 Å². The quantitative estimate of drug-likeness (QED) is 0.902. The second kappa shape index (κ2) is 5.87. The summed E-state index contributed by atoms with van der Waals surface area (Å²) in [5.41, 5.74) is 1.27. The molecule has 3 amide bonds. The molecule has 1 aromatic rings. The molecule has 1 N–H and O–H groups in total. The molecule has 19 heavy (non-hydrogen) atoms. The molecule has 1 fully saturated rings. The van der Waals surface area contributed by atoms with Crippen LogP contribution in [0.2, 0.25) is 0 Å². The first-order valence-electron chi connectivity index (χ1n) is 6.73. The third kappa shape index (κ3) is 3.34. The van der Waals surface area contributed by atoms with Gasteiger partial charge in [0.25, 0.3) is 0 Å². The molecule has 0 spiro atoms. The molecule has 1 aliphatic heterocycles. The number of carbonyl (C=O) groups is 2. The third-order valence-corrected chi connectivity index (χ3v) is 3.63. The van der Waals surface area contributed by atoms with Crippen LogP contribution >= 0.6 is 0 Å². The number of nitrogens with zero attached hydrogens (tertiary/aromatic N) is 1. The Balaban J connectivity index is 1.91. The first-order chi connectivity index (χ1) is 9.08. The molecule has 4 heteroatoms. The summed E-state index contributed by atoms with van der Waals surface area (Å²) in [5, 5.41) is 2.41. The van der Waals surface area contributed by atoms with Crippen molar-refractivity contribution in [2.24, 2.45) is 5.92 Å². The average Bonchev–Trinajstić information content (AvgIpc) is 2.41. The van der Waals surface area contributed by atoms with Gasteiger partial charge in [0.2, 0.25) is 5.91 Å². The summed E-state index contributed by atoms with van der Waals surface area (Å²) >= 11 is 0. The van der Waals surface area contributed by atoms with Gasteiger partial charge in [0.15, 0.2) is 0 Å². The summed E-state index contributed by atoms with van der Waals surface area (Å²) in [7, 11) is 0. The van der Waals surface area contributed by atoms with E-state index in [1.807, 2.05) is 32.0 Å². The minimum Gasteiger partial charge on any atom is -0.321 e. The Kier molecular flexibility index (Phi) is 4.20. The summed E-state index contributed by atoms with van der Waals surface area (Å²) in [5.74, 6) is -0.298. The van der Waals surface area contributed by atoms with E-state index in [-0.39, 0.29) is 23.9 Å². The van der Waals surface area contributed by atoms with Crippen molar-refractivity contribution in [3.8, 4) is 0 Å². The molecule has 1 aromatic carbocycles. The molecule has 1 aliphatic rings. The third-order valence-electron chi connectivity index (χ3n) is 3.63. The highest BCUT2D eigenvalue weighted by molar-refractivity contribution is 5.97. The predicted octanol–water partition coefficient (Wildman–Crippen LogP) is 2.20. The Morgan fingerprint density at radius 2 is 2.00 bits per heavy atom. The van der Waals surface area contributed by atoms with E-state index < -0.39 is 0 Å². The maximum absolute atomic E-state index is 11.8. The molecule has 2 unspecified atom stereocenters. The zero-order valence-electron chi connectivity index (χ0n) is 11.4. The number of carbonyl (C=O) groups excluding carboxylic acids is 2. The van der Waals surface area contributed by atoms with Gasteiger partial charge >= 0.3 is 6.03 Å². The van der Waals surface area contributed by atoms with Crippen LogP contribution < -0.4 is 5.32 Å². The fourth-order valence-electron chi connectivity index (χ4n) is 2.32. The standard InChI is InChI=1S/C15H20N2O2/c1-11-10-17(15(19)16-14(11)18)12(2)8-9-13-6-4-3-5-7-13/h3-7,11-12H,8-10H2,1-2H3,(H,16,18,19). The van der Waals surface area contributed by atoms with Crippen molar-refractivity contribution >= 4 is 11.9 Å². The van der Waals surface area contributed by atoms with Crippen LogP contribution in [-0.4, -0.2) is 29.4 Å². The van der Waals surface area contributed by atoms with Gasteiger partial charge < -0.3 is 4.90 Å². The highest BCUT2D eigenvalue weighted by Gasteiger charge is 2.31. The summed E-state index contributed by atoms with van der Waals surface area (Å²) < 4.78 is 0. The van der Waals surface area contributed by atoms with Crippen LogP contribution in [-0.2, 0) is 11.2 Å². The lowest BCUT2D eigenvalue weighted by Gasteiger charge is -2.35. The van der Waals surface area contributed by atoms with Crippen molar-refractivity contribution < 1.29 is 9.59 Å². The smallest absolute Gasteiger partial charge is 0.321 e. The Hall–Kier alpha value is -1.84. The van der Waals surface area contributed by atoms with Crippen molar-refractivity contribution in [2.75, 3.05) is 6.54 Å². The number of nitrogens with one attached hydrogen (secondary N) is 1. The zero-order chi connectivity index (χ0) is 13.8. The van der Waals surface area contributed by atoms with Gasteiger partial charge in [-0.2, -0.15) is 0 Å². The highest BCUT2D eigenvalue weighted by atomic mass is 16.2. The van der Waals surface area contributed by atoms with Crippen LogP contribution in [0.4, 0.5) is 4.79 Å². The number of benzene rings is 1. The average molecular weight is 260 g/mol. The zero-order valence-corrected chi connectivity index (χ0v) is 11.4.